The number of hydrogen-bond acceptors (Lipinski definition) is 3. The van der Waals surface area contributed by atoms with Crippen LogP contribution in [0.5, 0.6) is 0 Å². The lowest BCUT2D eigenvalue weighted by Gasteiger charge is -2.07. The van der Waals surface area contributed by atoms with Gasteiger partial charge in [0.2, 0.25) is 0 Å². The summed E-state index contributed by atoms with van der Waals surface area (Å²) in [4.78, 5) is 2.80. The predicted molar refractivity (Wildman–Crippen MR) is 73.7 cm³/mol. The van der Waals surface area contributed by atoms with Gasteiger partial charge in [0.05, 0.1) is 6.10 Å². The SMILES string of the molecule is Cc1ccc(CNCCCOC(C)C)s1.Cl. The van der Waals surface area contributed by atoms with Gasteiger partial charge in [0.25, 0.3) is 0 Å². The Balaban J connectivity index is 0.00000225. The Bertz CT molecular complexity index is 276. The van der Waals surface area contributed by atoms with Crippen molar-refractivity contribution in [2.24, 2.45) is 0 Å². The predicted octanol–water partition coefficient (Wildman–Crippen LogP) is 3.38. The van der Waals surface area contributed by atoms with E-state index < -0.39 is 0 Å². The summed E-state index contributed by atoms with van der Waals surface area (Å²) in [5.74, 6) is 0. The lowest BCUT2D eigenvalue weighted by atomic mass is 10.4. The highest BCUT2D eigenvalue weighted by Crippen LogP contribution is 2.14. The van der Waals surface area contributed by atoms with Crippen LogP contribution in [0.15, 0.2) is 12.1 Å². The molecular weight excluding hydrogens is 242 g/mol. The fraction of sp³-hybridized carbons (Fsp3) is 0.667. The minimum Gasteiger partial charge on any atom is -0.379 e. The van der Waals surface area contributed by atoms with E-state index >= 15 is 0 Å². The number of rotatable bonds is 7. The van der Waals surface area contributed by atoms with Gasteiger partial charge in [-0.05, 0) is 45.9 Å². The smallest absolute Gasteiger partial charge is 0.0518 e. The van der Waals surface area contributed by atoms with Crippen LogP contribution in [0.25, 0.3) is 0 Å². The van der Waals surface area contributed by atoms with Crippen molar-refractivity contribution in [3.05, 3.63) is 21.9 Å². The average Bonchev–Trinajstić information content (AvgIpc) is 2.57. The summed E-state index contributed by atoms with van der Waals surface area (Å²) in [6, 6.07) is 4.36. The summed E-state index contributed by atoms with van der Waals surface area (Å²) in [5, 5.41) is 3.42. The third-order valence-corrected chi connectivity index (χ3v) is 3.04. The molecule has 0 aliphatic heterocycles. The van der Waals surface area contributed by atoms with Crippen LogP contribution in [0.2, 0.25) is 0 Å². The quantitative estimate of drug-likeness (QED) is 0.762. The number of nitrogens with one attached hydrogen (secondary N) is 1. The van der Waals surface area contributed by atoms with Crippen molar-refractivity contribution < 1.29 is 4.74 Å². The molecule has 0 spiro atoms. The van der Waals surface area contributed by atoms with Crippen molar-refractivity contribution in [2.75, 3.05) is 13.2 Å². The summed E-state index contributed by atoms with van der Waals surface area (Å²) in [6.45, 7) is 9.16. The van der Waals surface area contributed by atoms with Crippen molar-refractivity contribution in [1.29, 1.82) is 0 Å². The molecule has 94 valence electrons. The van der Waals surface area contributed by atoms with E-state index in [-0.39, 0.29) is 12.4 Å². The topological polar surface area (TPSA) is 21.3 Å². The normalized spacial score (nSPS) is 10.5. The van der Waals surface area contributed by atoms with E-state index in [0.717, 1.165) is 26.1 Å². The van der Waals surface area contributed by atoms with Crippen molar-refractivity contribution >= 4 is 23.7 Å². The maximum atomic E-state index is 5.46. The van der Waals surface area contributed by atoms with Gasteiger partial charge in [-0.25, -0.2) is 0 Å². The van der Waals surface area contributed by atoms with E-state index in [1.165, 1.54) is 9.75 Å². The highest BCUT2D eigenvalue weighted by Gasteiger charge is 1.96. The number of hydrogen-bond donors (Lipinski definition) is 1. The highest BCUT2D eigenvalue weighted by molar-refractivity contribution is 7.11. The maximum absolute atomic E-state index is 5.46. The first-order valence-electron chi connectivity index (χ1n) is 5.56. The molecule has 0 radical (unpaired) electrons. The molecule has 1 heterocycles. The van der Waals surface area contributed by atoms with E-state index in [1.807, 2.05) is 11.3 Å². The molecule has 0 unspecified atom stereocenters. The second-order valence-electron chi connectivity index (χ2n) is 3.96. The van der Waals surface area contributed by atoms with E-state index in [2.05, 4.69) is 38.2 Å². The van der Waals surface area contributed by atoms with Gasteiger partial charge in [0.1, 0.15) is 0 Å². The molecule has 0 aliphatic carbocycles. The third kappa shape index (κ3) is 7.23. The number of halogens is 1. The van der Waals surface area contributed by atoms with Crippen LogP contribution in [0.1, 0.15) is 30.0 Å². The zero-order valence-corrected chi connectivity index (χ0v) is 11.9. The van der Waals surface area contributed by atoms with Gasteiger partial charge in [-0.1, -0.05) is 0 Å². The van der Waals surface area contributed by atoms with Crippen molar-refractivity contribution in [1.82, 2.24) is 5.32 Å². The minimum absolute atomic E-state index is 0. The molecule has 1 N–H and O–H groups in total. The van der Waals surface area contributed by atoms with Gasteiger partial charge in [0, 0.05) is 22.9 Å². The summed E-state index contributed by atoms with van der Waals surface area (Å²) in [6.07, 6.45) is 1.44. The van der Waals surface area contributed by atoms with E-state index in [9.17, 15) is 0 Å². The maximum Gasteiger partial charge on any atom is 0.0518 e. The van der Waals surface area contributed by atoms with Crippen LogP contribution in [0.3, 0.4) is 0 Å². The molecule has 0 aliphatic rings. The standard InChI is InChI=1S/C12H21NOS.ClH/c1-10(2)14-8-4-7-13-9-12-6-5-11(3)15-12;/h5-6,10,13H,4,7-9H2,1-3H3;1H. The Morgan fingerprint density at radius 2 is 2.12 bits per heavy atom. The first-order valence-corrected chi connectivity index (χ1v) is 6.38. The van der Waals surface area contributed by atoms with Gasteiger partial charge < -0.3 is 10.1 Å². The Morgan fingerprint density at radius 3 is 2.69 bits per heavy atom. The first-order chi connectivity index (χ1) is 7.18. The van der Waals surface area contributed by atoms with Crippen LogP contribution in [-0.4, -0.2) is 19.3 Å². The largest absolute Gasteiger partial charge is 0.379 e. The van der Waals surface area contributed by atoms with Crippen LogP contribution in [0.4, 0.5) is 0 Å². The Kier molecular flexibility index (Phi) is 8.94. The summed E-state index contributed by atoms with van der Waals surface area (Å²) in [5.41, 5.74) is 0. The van der Waals surface area contributed by atoms with E-state index in [1.54, 1.807) is 0 Å². The molecule has 1 rings (SSSR count). The van der Waals surface area contributed by atoms with Crippen molar-refractivity contribution in [2.45, 2.75) is 39.8 Å². The number of thiophene rings is 1. The molecule has 2 nitrogen and oxygen atoms in total. The summed E-state index contributed by atoms with van der Waals surface area (Å²) in [7, 11) is 0. The Morgan fingerprint density at radius 1 is 1.38 bits per heavy atom. The second kappa shape index (κ2) is 8.99. The van der Waals surface area contributed by atoms with Gasteiger partial charge >= 0.3 is 0 Å². The molecule has 1 aromatic rings. The fourth-order valence-corrected chi connectivity index (χ4v) is 2.17. The fourth-order valence-electron chi connectivity index (χ4n) is 1.31. The van der Waals surface area contributed by atoms with Gasteiger partial charge in [0.15, 0.2) is 0 Å². The third-order valence-electron chi connectivity index (χ3n) is 2.04. The molecule has 0 atom stereocenters. The lowest BCUT2D eigenvalue weighted by molar-refractivity contribution is 0.0770. The number of ether oxygens (including phenoxy) is 1. The van der Waals surface area contributed by atoms with E-state index in [4.69, 9.17) is 4.74 Å². The average molecular weight is 264 g/mol. The highest BCUT2D eigenvalue weighted by atomic mass is 35.5. The molecule has 1 aromatic heterocycles. The van der Waals surface area contributed by atoms with Crippen LogP contribution in [-0.2, 0) is 11.3 Å². The van der Waals surface area contributed by atoms with Gasteiger partial charge in [-0.3, -0.25) is 0 Å². The van der Waals surface area contributed by atoms with Crippen molar-refractivity contribution in [3.8, 4) is 0 Å². The summed E-state index contributed by atoms with van der Waals surface area (Å²) >= 11 is 1.86. The first kappa shape index (κ1) is 15.9. The van der Waals surface area contributed by atoms with Crippen LogP contribution < -0.4 is 5.32 Å². The lowest BCUT2D eigenvalue weighted by Crippen LogP contribution is -2.16. The van der Waals surface area contributed by atoms with Crippen LogP contribution in [0, 0.1) is 6.92 Å². The van der Waals surface area contributed by atoms with E-state index in [0.29, 0.717) is 6.10 Å². The molecule has 0 aromatic carbocycles. The minimum atomic E-state index is 0. The molecule has 0 fully saturated rings. The summed E-state index contributed by atoms with van der Waals surface area (Å²) < 4.78 is 5.46. The molecule has 0 saturated carbocycles. The monoisotopic (exact) mass is 263 g/mol. The Labute approximate surface area is 109 Å². The zero-order valence-electron chi connectivity index (χ0n) is 10.3. The molecule has 16 heavy (non-hydrogen) atoms. The number of aryl methyl sites for hydroxylation is 1. The van der Waals surface area contributed by atoms with Crippen molar-refractivity contribution in [3.63, 3.8) is 0 Å². The second-order valence-corrected chi connectivity index (χ2v) is 5.33. The van der Waals surface area contributed by atoms with Gasteiger partial charge in [-0.2, -0.15) is 0 Å². The van der Waals surface area contributed by atoms with Gasteiger partial charge in [-0.15, -0.1) is 23.7 Å². The zero-order chi connectivity index (χ0) is 11.1. The van der Waals surface area contributed by atoms with Crippen LogP contribution >= 0.6 is 23.7 Å². The molecule has 4 heteroatoms. The molecule has 0 bridgehead atoms. The molecule has 0 amide bonds. The molecular formula is C12H22ClNOS. The molecule has 0 saturated heterocycles. The Hall–Kier alpha value is -0.0900.